The van der Waals surface area contributed by atoms with Crippen LogP contribution < -0.4 is 15.6 Å². The summed E-state index contributed by atoms with van der Waals surface area (Å²) in [6.07, 6.45) is 7.71. The maximum atomic E-state index is 12.9. The highest BCUT2D eigenvalue weighted by molar-refractivity contribution is 5.87. The lowest BCUT2D eigenvalue weighted by Gasteiger charge is -2.33. The number of likely N-dealkylation sites (tertiary alicyclic amines) is 1. The third-order valence-corrected chi connectivity index (χ3v) is 6.31. The number of hydrogen-bond acceptors (Lipinski definition) is 3. The number of aryl methyl sites for hydroxylation is 2. The molecule has 0 bridgehead atoms. The van der Waals surface area contributed by atoms with E-state index in [0.29, 0.717) is 17.2 Å². The summed E-state index contributed by atoms with van der Waals surface area (Å²) in [4.78, 5) is 13.7. The number of piperidine rings is 1. The number of benzene rings is 1. The minimum atomic E-state index is -0.247. The lowest BCUT2D eigenvalue weighted by Crippen LogP contribution is -3.15. The Morgan fingerprint density at radius 1 is 1.24 bits per heavy atom. The Balaban J connectivity index is 1.81. The fourth-order valence-corrected chi connectivity index (χ4v) is 4.88. The monoisotopic (exact) mass is 341 g/mol. The third-order valence-electron chi connectivity index (χ3n) is 6.31. The Morgan fingerprint density at radius 2 is 2.04 bits per heavy atom. The average molecular weight is 341 g/mol. The average Bonchev–Trinajstić information content (AvgIpc) is 3.12. The van der Waals surface area contributed by atoms with E-state index < -0.39 is 0 Å². The highest BCUT2D eigenvalue weighted by atomic mass is 16.4. The van der Waals surface area contributed by atoms with Crippen LogP contribution in [0.3, 0.4) is 0 Å². The number of quaternary nitrogens is 1. The van der Waals surface area contributed by atoms with Crippen molar-refractivity contribution < 1.29 is 14.4 Å². The molecule has 2 unspecified atom stereocenters. The van der Waals surface area contributed by atoms with Gasteiger partial charge in [-0.2, -0.15) is 0 Å². The molecule has 2 aromatic rings. The second-order valence-electron chi connectivity index (χ2n) is 7.75. The van der Waals surface area contributed by atoms with Crippen LogP contribution in [0.25, 0.3) is 11.0 Å². The van der Waals surface area contributed by atoms with Crippen LogP contribution in [-0.2, 0) is 19.4 Å². The van der Waals surface area contributed by atoms with Gasteiger partial charge in [-0.1, -0.05) is 12.7 Å². The van der Waals surface area contributed by atoms with Gasteiger partial charge < -0.3 is 14.4 Å². The maximum Gasteiger partial charge on any atom is 0.339 e. The topological polar surface area (TPSA) is 57.7 Å². The smallest absolute Gasteiger partial charge is 0.339 e. The number of hydrogen-bond donors (Lipinski definition) is 1. The van der Waals surface area contributed by atoms with E-state index in [-0.39, 0.29) is 11.4 Å². The summed E-state index contributed by atoms with van der Waals surface area (Å²) in [6, 6.07) is 2.69. The van der Waals surface area contributed by atoms with E-state index in [4.69, 9.17) is 4.42 Å². The highest BCUT2D eigenvalue weighted by Crippen LogP contribution is 2.34. The zero-order valence-corrected chi connectivity index (χ0v) is 15.2. The van der Waals surface area contributed by atoms with Crippen molar-refractivity contribution in [2.75, 3.05) is 6.54 Å². The predicted molar refractivity (Wildman–Crippen MR) is 96.2 cm³/mol. The van der Waals surface area contributed by atoms with Gasteiger partial charge in [-0.05, 0) is 74.6 Å². The van der Waals surface area contributed by atoms with Crippen LogP contribution >= 0.6 is 0 Å². The van der Waals surface area contributed by atoms with Crippen molar-refractivity contribution in [2.45, 2.75) is 71.4 Å². The van der Waals surface area contributed by atoms with Crippen molar-refractivity contribution >= 4 is 11.0 Å². The molecule has 4 heteroatoms. The van der Waals surface area contributed by atoms with E-state index in [0.717, 1.165) is 54.4 Å². The van der Waals surface area contributed by atoms with E-state index >= 15 is 0 Å². The SMILES string of the molecule is CCC1CCCC[NH+]1Cc1cc2c3c(c(=O)oc2c(C)c1[O-])CCC3. The quantitative estimate of drug-likeness (QED) is 0.869. The Morgan fingerprint density at radius 3 is 2.84 bits per heavy atom. The minimum absolute atomic E-state index is 0.0570. The Labute approximate surface area is 148 Å². The number of nitrogens with one attached hydrogen (secondary N) is 1. The molecule has 4 rings (SSSR count). The van der Waals surface area contributed by atoms with E-state index in [2.05, 4.69) is 6.92 Å². The van der Waals surface area contributed by atoms with Gasteiger partial charge in [-0.15, -0.1) is 0 Å². The summed E-state index contributed by atoms with van der Waals surface area (Å²) in [5, 5.41) is 13.9. The van der Waals surface area contributed by atoms with Crippen LogP contribution in [0.5, 0.6) is 5.75 Å². The molecule has 1 N–H and O–H groups in total. The lowest BCUT2D eigenvalue weighted by molar-refractivity contribution is -0.944. The van der Waals surface area contributed by atoms with Crippen molar-refractivity contribution in [2.24, 2.45) is 0 Å². The van der Waals surface area contributed by atoms with E-state index in [1.807, 2.05) is 6.07 Å². The molecule has 1 aliphatic heterocycles. The molecule has 0 saturated carbocycles. The second-order valence-corrected chi connectivity index (χ2v) is 7.75. The zero-order valence-electron chi connectivity index (χ0n) is 15.2. The molecule has 134 valence electrons. The Kier molecular flexibility index (Phi) is 4.32. The van der Waals surface area contributed by atoms with Gasteiger partial charge in [0.25, 0.3) is 0 Å². The summed E-state index contributed by atoms with van der Waals surface area (Å²) in [6.45, 7) is 6.00. The molecule has 4 nitrogen and oxygen atoms in total. The van der Waals surface area contributed by atoms with E-state index in [1.165, 1.54) is 25.7 Å². The molecular formula is C21H27NO3. The van der Waals surface area contributed by atoms with Crippen LogP contribution in [0.2, 0.25) is 0 Å². The first-order valence-electron chi connectivity index (χ1n) is 9.72. The minimum Gasteiger partial charge on any atom is -0.872 e. The summed E-state index contributed by atoms with van der Waals surface area (Å²) < 4.78 is 5.54. The van der Waals surface area contributed by atoms with Crippen LogP contribution in [0.1, 0.15) is 61.3 Å². The maximum absolute atomic E-state index is 12.9. The summed E-state index contributed by atoms with van der Waals surface area (Å²) in [7, 11) is 0. The van der Waals surface area contributed by atoms with E-state index in [9.17, 15) is 9.90 Å². The van der Waals surface area contributed by atoms with Gasteiger partial charge in [0.1, 0.15) is 12.1 Å². The molecule has 2 heterocycles. The highest BCUT2D eigenvalue weighted by Gasteiger charge is 2.26. The van der Waals surface area contributed by atoms with Crippen LogP contribution in [-0.4, -0.2) is 12.6 Å². The molecule has 1 saturated heterocycles. The van der Waals surface area contributed by atoms with E-state index in [1.54, 1.807) is 11.8 Å². The van der Waals surface area contributed by atoms with Crippen LogP contribution in [0, 0.1) is 6.92 Å². The molecule has 1 fully saturated rings. The summed E-state index contributed by atoms with van der Waals surface area (Å²) in [5.41, 5.74) is 3.71. The number of fused-ring (bicyclic) bond motifs is 3. The lowest BCUT2D eigenvalue weighted by atomic mass is 9.96. The van der Waals surface area contributed by atoms with Crippen LogP contribution in [0.4, 0.5) is 0 Å². The largest absolute Gasteiger partial charge is 0.872 e. The second kappa shape index (κ2) is 6.49. The molecule has 0 radical (unpaired) electrons. The predicted octanol–water partition coefficient (Wildman–Crippen LogP) is 2.01. The van der Waals surface area contributed by atoms with Crippen LogP contribution in [0.15, 0.2) is 15.3 Å². The molecule has 1 aromatic heterocycles. The van der Waals surface area contributed by atoms with Gasteiger partial charge in [-0.25, -0.2) is 4.79 Å². The summed E-state index contributed by atoms with van der Waals surface area (Å²) >= 11 is 0. The van der Waals surface area contributed by atoms with Gasteiger partial charge in [0, 0.05) is 10.9 Å². The first kappa shape index (κ1) is 16.6. The van der Waals surface area contributed by atoms with Crippen molar-refractivity contribution in [1.82, 2.24) is 0 Å². The number of rotatable bonds is 3. The van der Waals surface area contributed by atoms with Gasteiger partial charge in [0.15, 0.2) is 0 Å². The van der Waals surface area contributed by atoms with Crippen molar-refractivity contribution in [3.63, 3.8) is 0 Å². The first-order valence-corrected chi connectivity index (χ1v) is 9.72. The zero-order chi connectivity index (χ0) is 17.6. The van der Waals surface area contributed by atoms with Gasteiger partial charge in [0.05, 0.1) is 12.6 Å². The normalized spacial score (nSPS) is 23.1. The fourth-order valence-electron chi connectivity index (χ4n) is 4.88. The third kappa shape index (κ3) is 2.77. The van der Waals surface area contributed by atoms with Crippen molar-refractivity contribution in [3.05, 3.63) is 38.7 Å². The Bertz CT molecular complexity index is 868. The van der Waals surface area contributed by atoms with Crippen molar-refractivity contribution in [1.29, 1.82) is 0 Å². The molecule has 2 atom stereocenters. The summed E-state index contributed by atoms with van der Waals surface area (Å²) in [5.74, 6) is 0.0570. The van der Waals surface area contributed by atoms with Gasteiger partial charge in [-0.3, -0.25) is 0 Å². The molecular weight excluding hydrogens is 314 g/mol. The molecule has 25 heavy (non-hydrogen) atoms. The standard InChI is InChI=1S/C21H27NO3/c1-3-15-7-4-5-10-22(15)12-14-11-18-16-8-6-9-17(16)21(24)25-20(18)13(2)19(14)23/h11,15,23H,3-10,12H2,1-2H3. The molecule has 1 aliphatic carbocycles. The fraction of sp³-hybridized carbons (Fsp3) is 0.571. The first-order chi connectivity index (χ1) is 12.1. The Hall–Kier alpha value is -1.81. The molecule has 0 amide bonds. The van der Waals surface area contributed by atoms with Crippen molar-refractivity contribution in [3.8, 4) is 5.75 Å². The van der Waals surface area contributed by atoms with Gasteiger partial charge in [0.2, 0.25) is 0 Å². The molecule has 1 aromatic carbocycles. The van der Waals surface area contributed by atoms with Gasteiger partial charge >= 0.3 is 5.63 Å². The molecule has 2 aliphatic rings. The molecule has 0 spiro atoms.